The Morgan fingerprint density at radius 2 is 2.10 bits per heavy atom. The summed E-state index contributed by atoms with van der Waals surface area (Å²) >= 11 is 7.23. The molecule has 0 saturated carbocycles. The van der Waals surface area contributed by atoms with Crippen LogP contribution >= 0.6 is 44.3 Å². The number of nitrogens with zero attached hydrogens (tertiary/aromatic N) is 1. The first-order valence-electron chi connectivity index (χ1n) is 6.52. The highest BCUT2D eigenvalue weighted by Gasteiger charge is 2.39. The van der Waals surface area contributed by atoms with Gasteiger partial charge in [-0.3, -0.25) is 4.90 Å². The number of likely N-dealkylation sites (N-methyl/N-ethyl adjacent to an activating group) is 1. The first-order valence-corrected chi connectivity index (χ1v) is 8.11. The standard InChI is InChI=1S/C14H17Br2NO2.ClH/c1-17-5-3-4-8-11(17)7-19-14-12(8)9(15)6-10(16)13(14)18-2;/h6,8,11H,3-5,7H2,1-2H3;1H/t8-,11+;/m0./s1. The van der Waals surface area contributed by atoms with Gasteiger partial charge in [-0.2, -0.15) is 0 Å². The number of methoxy groups -OCH3 is 1. The van der Waals surface area contributed by atoms with Crippen LogP contribution in [0.3, 0.4) is 0 Å². The Kier molecular flexibility index (Phi) is 5.27. The molecule has 0 aromatic heterocycles. The number of halogens is 3. The molecule has 0 N–H and O–H groups in total. The van der Waals surface area contributed by atoms with Crippen LogP contribution in [0.5, 0.6) is 11.5 Å². The van der Waals surface area contributed by atoms with Crippen molar-refractivity contribution in [2.75, 3.05) is 27.3 Å². The maximum absolute atomic E-state index is 6.02. The van der Waals surface area contributed by atoms with Crippen LogP contribution in [-0.2, 0) is 0 Å². The van der Waals surface area contributed by atoms with E-state index in [2.05, 4.69) is 49.9 Å². The normalized spacial score (nSPS) is 25.0. The fraction of sp³-hybridized carbons (Fsp3) is 0.571. The van der Waals surface area contributed by atoms with Gasteiger partial charge < -0.3 is 9.47 Å². The summed E-state index contributed by atoms with van der Waals surface area (Å²) in [5, 5.41) is 0. The van der Waals surface area contributed by atoms with Gasteiger partial charge in [0.1, 0.15) is 6.61 Å². The lowest BCUT2D eigenvalue weighted by atomic mass is 9.82. The van der Waals surface area contributed by atoms with Crippen LogP contribution in [0, 0.1) is 0 Å². The number of ether oxygens (including phenoxy) is 2. The molecule has 0 bridgehead atoms. The molecule has 2 aliphatic heterocycles. The summed E-state index contributed by atoms with van der Waals surface area (Å²) in [5.41, 5.74) is 1.27. The molecular formula is C14H18Br2ClNO2. The molecule has 0 spiro atoms. The molecule has 1 saturated heterocycles. The lowest BCUT2D eigenvalue weighted by Crippen LogP contribution is -2.47. The smallest absolute Gasteiger partial charge is 0.175 e. The summed E-state index contributed by atoms with van der Waals surface area (Å²) in [6.45, 7) is 1.90. The molecule has 112 valence electrons. The number of rotatable bonds is 1. The van der Waals surface area contributed by atoms with Crippen LogP contribution in [-0.4, -0.2) is 38.3 Å². The topological polar surface area (TPSA) is 21.7 Å². The molecule has 3 nitrogen and oxygen atoms in total. The minimum absolute atomic E-state index is 0. The van der Waals surface area contributed by atoms with E-state index in [0.29, 0.717) is 12.0 Å². The molecule has 2 atom stereocenters. The number of hydrogen-bond donors (Lipinski definition) is 0. The van der Waals surface area contributed by atoms with Gasteiger partial charge in [-0.1, -0.05) is 15.9 Å². The summed E-state index contributed by atoms with van der Waals surface area (Å²) in [5.74, 6) is 2.24. The minimum atomic E-state index is 0. The SMILES string of the molecule is COc1c(Br)cc(Br)c2c1OC[C@@H]1[C@@H]2CCCN1C.Cl. The summed E-state index contributed by atoms with van der Waals surface area (Å²) in [6, 6.07) is 2.54. The van der Waals surface area contributed by atoms with Crippen LogP contribution in [0.25, 0.3) is 0 Å². The zero-order chi connectivity index (χ0) is 13.6. The summed E-state index contributed by atoms with van der Waals surface area (Å²) in [7, 11) is 3.88. The number of piperidine rings is 1. The number of likely N-dealkylation sites (tertiary alicyclic amines) is 1. The van der Waals surface area contributed by atoms with Crippen molar-refractivity contribution in [1.82, 2.24) is 4.90 Å². The Hall–Kier alpha value is 0.0300. The van der Waals surface area contributed by atoms with E-state index in [9.17, 15) is 0 Å². The summed E-state index contributed by atoms with van der Waals surface area (Å²) < 4.78 is 13.6. The number of benzene rings is 1. The largest absolute Gasteiger partial charge is 0.492 e. The van der Waals surface area contributed by atoms with Gasteiger partial charge in [0.15, 0.2) is 11.5 Å². The van der Waals surface area contributed by atoms with E-state index in [4.69, 9.17) is 9.47 Å². The first-order chi connectivity index (χ1) is 9.13. The molecule has 6 heteroatoms. The van der Waals surface area contributed by atoms with Crippen molar-refractivity contribution < 1.29 is 9.47 Å². The molecule has 0 amide bonds. The lowest BCUT2D eigenvalue weighted by molar-refractivity contribution is 0.0842. The predicted molar refractivity (Wildman–Crippen MR) is 89.5 cm³/mol. The van der Waals surface area contributed by atoms with E-state index in [0.717, 1.165) is 33.6 Å². The van der Waals surface area contributed by atoms with Gasteiger partial charge in [-0.15, -0.1) is 12.4 Å². The van der Waals surface area contributed by atoms with E-state index < -0.39 is 0 Å². The molecular weight excluding hydrogens is 409 g/mol. The Morgan fingerprint density at radius 3 is 2.80 bits per heavy atom. The van der Waals surface area contributed by atoms with Crippen molar-refractivity contribution in [2.24, 2.45) is 0 Å². The van der Waals surface area contributed by atoms with Gasteiger partial charge in [-0.05, 0) is 48.4 Å². The van der Waals surface area contributed by atoms with Crippen molar-refractivity contribution in [3.05, 3.63) is 20.6 Å². The highest BCUT2D eigenvalue weighted by Crippen LogP contribution is 2.51. The van der Waals surface area contributed by atoms with Crippen molar-refractivity contribution in [1.29, 1.82) is 0 Å². The minimum Gasteiger partial charge on any atom is -0.492 e. The van der Waals surface area contributed by atoms with Crippen molar-refractivity contribution in [3.8, 4) is 11.5 Å². The summed E-state index contributed by atoms with van der Waals surface area (Å²) in [6.07, 6.45) is 2.46. The van der Waals surface area contributed by atoms with E-state index in [1.54, 1.807) is 7.11 Å². The van der Waals surface area contributed by atoms with Crippen molar-refractivity contribution >= 4 is 44.3 Å². The van der Waals surface area contributed by atoms with Gasteiger partial charge in [0, 0.05) is 16.0 Å². The Bertz CT molecular complexity index is 512. The van der Waals surface area contributed by atoms with Gasteiger partial charge in [-0.25, -0.2) is 0 Å². The van der Waals surface area contributed by atoms with Crippen LogP contribution in [0.15, 0.2) is 15.0 Å². The second-order valence-electron chi connectivity index (χ2n) is 5.22. The molecule has 3 rings (SSSR count). The summed E-state index contributed by atoms with van der Waals surface area (Å²) in [4.78, 5) is 2.41. The lowest BCUT2D eigenvalue weighted by Gasteiger charge is -2.43. The molecule has 2 aliphatic rings. The van der Waals surface area contributed by atoms with Gasteiger partial charge in [0.05, 0.1) is 17.6 Å². The second-order valence-corrected chi connectivity index (χ2v) is 6.93. The average molecular weight is 428 g/mol. The van der Waals surface area contributed by atoms with Crippen LogP contribution < -0.4 is 9.47 Å². The monoisotopic (exact) mass is 425 g/mol. The highest BCUT2D eigenvalue weighted by molar-refractivity contribution is 9.11. The van der Waals surface area contributed by atoms with Gasteiger partial charge >= 0.3 is 0 Å². The highest BCUT2D eigenvalue weighted by atomic mass is 79.9. The van der Waals surface area contributed by atoms with E-state index >= 15 is 0 Å². The molecule has 0 unspecified atom stereocenters. The Balaban J connectivity index is 0.00000147. The maximum atomic E-state index is 6.02. The average Bonchev–Trinajstić information content (AvgIpc) is 2.38. The van der Waals surface area contributed by atoms with Gasteiger partial charge in [0.25, 0.3) is 0 Å². The maximum Gasteiger partial charge on any atom is 0.175 e. The first kappa shape index (κ1) is 16.4. The Labute approximate surface area is 142 Å². The fourth-order valence-electron chi connectivity index (χ4n) is 3.25. The molecule has 1 aromatic rings. The molecule has 2 heterocycles. The third-order valence-electron chi connectivity index (χ3n) is 4.21. The van der Waals surface area contributed by atoms with Crippen molar-refractivity contribution in [2.45, 2.75) is 24.8 Å². The molecule has 0 radical (unpaired) electrons. The zero-order valence-electron chi connectivity index (χ0n) is 11.5. The van der Waals surface area contributed by atoms with Crippen molar-refractivity contribution in [3.63, 3.8) is 0 Å². The van der Waals surface area contributed by atoms with Crippen LogP contribution in [0.4, 0.5) is 0 Å². The van der Waals surface area contributed by atoms with E-state index in [1.807, 2.05) is 0 Å². The molecule has 1 aromatic carbocycles. The third kappa shape index (κ3) is 2.58. The third-order valence-corrected chi connectivity index (χ3v) is 5.45. The van der Waals surface area contributed by atoms with Crippen LogP contribution in [0.1, 0.15) is 24.3 Å². The van der Waals surface area contributed by atoms with Gasteiger partial charge in [0.2, 0.25) is 0 Å². The quantitative estimate of drug-likeness (QED) is 0.670. The predicted octanol–water partition coefficient (Wildman–Crippen LogP) is 4.21. The molecule has 20 heavy (non-hydrogen) atoms. The number of fused-ring (bicyclic) bond motifs is 3. The van der Waals surface area contributed by atoms with E-state index in [1.165, 1.54) is 18.4 Å². The Morgan fingerprint density at radius 1 is 1.35 bits per heavy atom. The van der Waals surface area contributed by atoms with Crippen LogP contribution in [0.2, 0.25) is 0 Å². The molecule has 0 aliphatic carbocycles. The zero-order valence-corrected chi connectivity index (χ0v) is 15.5. The molecule has 1 fully saturated rings. The second kappa shape index (κ2) is 6.42. The van der Waals surface area contributed by atoms with E-state index in [-0.39, 0.29) is 12.4 Å². The fourth-order valence-corrected chi connectivity index (χ4v) is 4.83. The number of hydrogen-bond acceptors (Lipinski definition) is 3.